The second kappa shape index (κ2) is 12.1. The summed E-state index contributed by atoms with van der Waals surface area (Å²) in [6.07, 6.45) is 3.36. The maximum Gasteiger partial charge on any atom is 0.251 e. The SMILES string of the molecule is CCOc1ccc(CNC(=O)c2ccc3c(c2)Cc2cccc(c2)C(=O)NCCCCCO3)cc1. The highest BCUT2D eigenvalue weighted by Crippen LogP contribution is 2.25. The fourth-order valence-electron chi connectivity index (χ4n) is 4.09. The molecule has 0 aromatic heterocycles. The lowest BCUT2D eigenvalue weighted by atomic mass is 9.99. The average Bonchev–Trinajstić information content (AvgIpc) is 2.88. The van der Waals surface area contributed by atoms with Gasteiger partial charge in [0.2, 0.25) is 0 Å². The molecule has 3 aromatic rings. The Labute approximate surface area is 206 Å². The van der Waals surface area contributed by atoms with Gasteiger partial charge in [-0.2, -0.15) is 0 Å². The molecule has 0 unspecified atom stereocenters. The summed E-state index contributed by atoms with van der Waals surface area (Å²) in [7, 11) is 0. The van der Waals surface area contributed by atoms with Gasteiger partial charge < -0.3 is 20.1 Å². The number of carbonyl (C=O) groups excluding carboxylic acids is 2. The first-order chi connectivity index (χ1) is 17.1. The van der Waals surface area contributed by atoms with Gasteiger partial charge in [0.05, 0.1) is 13.2 Å². The minimum absolute atomic E-state index is 0.0530. The van der Waals surface area contributed by atoms with Crippen molar-refractivity contribution in [2.75, 3.05) is 19.8 Å². The summed E-state index contributed by atoms with van der Waals surface area (Å²) >= 11 is 0. The van der Waals surface area contributed by atoms with Crippen LogP contribution in [-0.4, -0.2) is 31.6 Å². The summed E-state index contributed by atoms with van der Waals surface area (Å²) in [5, 5.41) is 5.98. The molecule has 2 amide bonds. The highest BCUT2D eigenvalue weighted by molar-refractivity contribution is 5.95. The normalized spacial score (nSPS) is 14.0. The zero-order chi connectivity index (χ0) is 24.5. The molecule has 182 valence electrons. The molecule has 1 aliphatic heterocycles. The van der Waals surface area contributed by atoms with Gasteiger partial charge in [-0.3, -0.25) is 9.59 Å². The van der Waals surface area contributed by atoms with E-state index in [0.717, 1.165) is 47.5 Å². The van der Waals surface area contributed by atoms with E-state index in [9.17, 15) is 9.59 Å². The van der Waals surface area contributed by atoms with E-state index in [2.05, 4.69) is 10.6 Å². The van der Waals surface area contributed by atoms with Crippen molar-refractivity contribution < 1.29 is 19.1 Å². The fraction of sp³-hybridized carbons (Fsp3) is 0.310. The second-order valence-electron chi connectivity index (χ2n) is 8.62. The fourth-order valence-corrected chi connectivity index (χ4v) is 4.09. The lowest BCUT2D eigenvalue weighted by molar-refractivity contribution is 0.0944. The number of hydrogen-bond donors (Lipinski definition) is 2. The number of ether oxygens (including phenoxy) is 2. The highest BCUT2D eigenvalue weighted by atomic mass is 16.5. The molecule has 0 aliphatic carbocycles. The van der Waals surface area contributed by atoms with Gasteiger partial charge >= 0.3 is 0 Å². The van der Waals surface area contributed by atoms with E-state index >= 15 is 0 Å². The van der Waals surface area contributed by atoms with Crippen molar-refractivity contribution in [2.24, 2.45) is 0 Å². The third-order valence-electron chi connectivity index (χ3n) is 5.96. The highest BCUT2D eigenvalue weighted by Gasteiger charge is 2.14. The Morgan fingerprint density at radius 3 is 2.71 bits per heavy atom. The van der Waals surface area contributed by atoms with Gasteiger partial charge in [-0.1, -0.05) is 24.3 Å². The molecule has 6 heteroatoms. The van der Waals surface area contributed by atoms with Crippen molar-refractivity contribution in [3.63, 3.8) is 0 Å². The van der Waals surface area contributed by atoms with Crippen LogP contribution < -0.4 is 20.1 Å². The molecule has 3 aromatic carbocycles. The molecule has 4 rings (SSSR count). The Balaban J connectivity index is 1.51. The number of carbonyl (C=O) groups is 2. The molecule has 0 atom stereocenters. The first-order valence-corrected chi connectivity index (χ1v) is 12.2. The van der Waals surface area contributed by atoms with E-state index in [1.54, 1.807) is 6.07 Å². The molecule has 1 aliphatic rings. The summed E-state index contributed by atoms with van der Waals surface area (Å²) in [6.45, 7) is 4.26. The monoisotopic (exact) mass is 472 g/mol. The molecule has 2 N–H and O–H groups in total. The van der Waals surface area contributed by atoms with E-state index in [1.165, 1.54) is 0 Å². The van der Waals surface area contributed by atoms with E-state index in [-0.39, 0.29) is 11.8 Å². The Morgan fingerprint density at radius 2 is 1.89 bits per heavy atom. The van der Waals surface area contributed by atoms with Crippen molar-refractivity contribution in [1.82, 2.24) is 10.6 Å². The Kier molecular flexibility index (Phi) is 8.39. The van der Waals surface area contributed by atoms with Crippen LogP contribution in [0.3, 0.4) is 0 Å². The predicted octanol–water partition coefficient (Wildman–Crippen LogP) is 4.90. The number of hydrogen-bond acceptors (Lipinski definition) is 4. The van der Waals surface area contributed by atoms with Crippen LogP contribution in [0.5, 0.6) is 11.5 Å². The number of benzene rings is 3. The Bertz CT molecular complexity index is 1160. The van der Waals surface area contributed by atoms with Crippen LogP contribution in [-0.2, 0) is 13.0 Å². The van der Waals surface area contributed by atoms with Crippen molar-refractivity contribution in [3.8, 4) is 11.5 Å². The molecule has 0 fully saturated rings. The summed E-state index contributed by atoms with van der Waals surface area (Å²) in [5.74, 6) is 1.40. The lowest BCUT2D eigenvalue weighted by Gasteiger charge is -2.15. The number of amides is 2. The quantitative estimate of drug-likeness (QED) is 0.554. The van der Waals surface area contributed by atoms with Crippen LogP contribution >= 0.6 is 0 Å². The van der Waals surface area contributed by atoms with Gasteiger partial charge in [-0.05, 0) is 85.3 Å². The van der Waals surface area contributed by atoms with Crippen molar-refractivity contribution in [3.05, 3.63) is 94.5 Å². The molecule has 35 heavy (non-hydrogen) atoms. The standard InChI is InChI=1S/C29H32N2O4/c1-2-34-26-12-9-21(10-13-26)20-31-29(33)24-11-14-27-25(19-24)18-22-7-6-8-23(17-22)28(32)30-15-4-3-5-16-35-27/h6-14,17,19H,2-5,15-16,18,20H2,1H3,(H,30,32)(H,31,33). The van der Waals surface area contributed by atoms with Crippen LogP contribution in [0.2, 0.25) is 0 Å². The van der Waals surface area contributed by atoms with E-state index in [4.69, 9.17) is 9.47 Å². The van der Waals surface area contributed by atoms with Crippen LogP contribution in [0, 0.1) is 0 Å². The maximum absolute atomic E-state index is 12.9. The second-order valence-corrected chi connectivity index (χ2v) is 8.62. The topological polar surface area (TPSA) is 76.7 Å². The third-order valence-corrected chi connectivity index (χ3v) is 5.96. The summed E-state index contributed by atoms with van der Waals surface area (Å²) < 4.78 is 11.6. The molecule has 6 nitrogen and oxygen atoms in total. The molecule has 0 saturated carbocycles. The van der Waals surface area contributed by atoms with Crippen LogP contribution in [0.4, 0.5) is 0 Å². The van der Waals surface area contributed by atoms with Gasteiger partial charge in [-0.25, -0.2) is 0 Å². The van der Waals surface area contributed by atoms with Gasteiger partial charge in [-0.15, -0.1) is 0 Å². The first-order valence-electron chi connectivity index (χ1n) is 12.2. The Morgan fingerprint density at radius 1 is 1.03 bits per heavy atom. The van der Waals surface area contributed by atoms with Crippen molar-refractivity contribution in [2.45, 2.75) is 39.2 Å². The van der Waals surface area contributed by atoms with Gasteiger partial charge in [0, 0.05) is 30.6 Å². The van der Waals surface area contributed by atoms with Gasteiger partial charge in [0.1, 0.15) is 11.5 Å². The maximum atomic E-state index is 12.9. The van der Waals surface area contributed by atoms with E-state index in [1.807, 2.05) is 67.6 Å². The first kappa shape index (κ1) is 24.3. The minimum Gasteiger partial charge on any atom is -0.494 e. The molecule has 0 saturated heterocycles. The minimum atomic E-state index is -0.144. The van der Waals surface area contributed by atoms with E-state index < -0.39 is 0 Å². The summed E-state index contributed by atoms with van der Waals surface area (Å²) in [5.41, 5.74) is 4.14. The molecule has 1 heterocycles. The largest absolute Gasteiger partial charge is 0.494 e. The van der Waals surface area contributed by atoms with Crippen LogP contribution in [0.1, 0.15) is 63.6 Å². The Hall–Kier alpha value is -3.80. The third kappa shape index (κ3) is 6.85. The smallest absolute Gasteiger partial charge is 0.251 e. The molecular weight excluding hydrogens is 440 g/mol. The molecule has 0 radical (unpaired) electrons. The van der Waals surface area contributed by atoms with Gasteiger partial charge in [0.25, 0.3) is 11.8 Å². The number of nitrogens with one attached hydrogen (secondary N) is 2. The molecule has 2 bridgehead atoms. The summed E-state index contributed by atoms with van der Waals surface area (Å²) in [6, 6.07) is 20.9. The van der Waals surface area contributed by atoms with E-state index in [0.29, 0.717) is 43.9 Å². The van der Waals surface area contributed by atoms with Crippen molar-refractivity contribution in [1.29, 1.82) is 0 Å². The lowest BCUT2D eigenvalue weighted by Crippen LogP contribution is -2.24. The van der Waals surface area contributed by atoms with Crippen LogP contribution in [0.25, 0.3) is 0 Å². The van der Waals surface area contributed by atoms with Gasteiger partial charge in [0.15, 0.2) is 0 Å². The zero-order valence-electron chi connectivity index (χ0n) is 20.1. The zero-order valence-corrected chi connectivity index (χ0v) is 20.1. The van der Waals surface area contributed by atoms with Crippen molar-refractivity contribution >= 4 is 11.8 Å². The number of fused-ring (bicyclic) bond motifs is 3. The molecule has 0 spiro atoms. The van der Waals surface area contributed by atoms with Crippen LogP contribution in [0.15, 0.2) is 66.7 Å². The summed E-state index contributed by atoms with van der Waals surface area (Å²) in [4.78, 5) is 25.4. The predicted molar refractivity (Wildman–Crippen MR) is 136 cm³/mol. The number of rotatable bonds is 5. The average molecular weight is 473 g/mol. The molecular formula is C29H32N2O4.